The molecule has 4 nitrogen and oxygen atoms in total. The summed E-state index contributed by atoms with van der Waals surface area (Å²) in [6.45, 7) is 11.0. The van der Waals surface area contributed by atoms with Crippen molar-refractivity contribution in [3.8, 4) is 0 Å². The number of hydrogen-bond donors (Lipinski definition) is 1. The molecule has 1 aromatic carbocycles. The Bertz CT molecular complexity index is 398. The van der Waals surface area contributed by atoms with E-state index in [4.69, 9.17) is 5.73 Å². The first kappa shape index (κ1) is 15.5. The SMILES string of the molecule is CCN(CCN(C(N)=O)c1ccccc1)C(C)(C)C. The normalized spacial score (nSPS) is 11.6. The first-order valence-corrected chi connectivity index (χ1v) is 6.73. The van der Waals surface area contributed by atoms with E-state index in [-0.39, 0.29) is 5.54 Å². The van der Waals surface area contributed by atoms with E-state index in [0.29, 0.717) is 6.54 Å². The molecule has 0 aromatic heterocycles. The van der Waals surface area contributed by atoms with Crippen molar-refractivity contribution >= 4 is 11.7 Å². The molecule has 106 valence electrons. The van der Waals surface area contributed by atoms with E-state index in [0.717, 1.165) is 18.8 Å². The second kappa shape index (κ2) is 6.57. The lowest BCUT2D eigenvalue weighted by Gasteiger charge is -2.36. The lowest BCUT2D eigenvalue weighted by atomic mass is 10.1. The molecule has 19 heavy (non-hydrogen) atoms. The van der Waals surface area contributed by atoms with Crippen LogP contribution in [0.15, 0.2) is 30.3 Å². The summed E-state index contributed by atoms with van der Waals surface area (Å²) >= 11 is 0. The number of nitrogens with zero attached hydrogens (tertiary/aromatic N) is 2. The Kier molecular flexibility index (Phi) is 5.36. The van der Waals surface area contributed by atoms with Crippen LogP contribution in [-0.4, -0.2) is 36.1 Å². The third-order valence-electron chi connectivity index (χ3n) is 3.26. The first-order chi connectivity index (χ1) is 8.86. The first-order valence-electron chi connectivity index (χ1n) is 6.73. The molecule has 1 aromatic rings. The zero-order valence-electron chi connectivity index (χ0n) is 12.4. The number of hydrogen-bond acceptors (Lipinski definition) is 2. The molecule has 0 aliphatic rings. The predicted molar refractivity (Wildman–Crippen MR) is 80.4 cm³/mol. The second-order valence-corrected chi connectivity index (χ2v) is 5.58. The van der Waals surface area contributed by atoms with Gasteiger partial charge in [0.1, 0.15) is 0 Å². The largest absolute Gasteiger partial charge is 0.351 e. The molecule has 4 heteroatoms. The van der Waals surface area contributed by atoms with Gasteiger partial charge in [-0.25, -0.2) is 4.79 Å². The van der Waals surface area contributed by atoms with E-state index >= 15 is 0 Å². The Morgan fingerprint density at radius 3 is 2.16 bits per heavy atom. The molecule has 0 aliphatic carbocycles. The van der Waals surface area contributed by atoms with Gasteiger partial charge in [-0.3, -0.25) is 9.80 Å². The van der Waals surface area contributed by atoms with Crippen LogP contribution in [0.3, 0.4) is 0 Å². The van der Waals surface area contributed by atoms with Crippen LogP contribution in [0, 0.1) is 0 Å². The fourth-order valence-electron chi connectivity index (χ4n) is 2.16. The third-order valence-corrected chi connectivity index (χ3v) is 3.26. The van der Waals surface area contributed by atoms with Crippen molar-refractivity contribution in [3.05, 3.63) is 30.3 Å². The van der Waals surface area contributed by atoms with Crippen LogP contribution in [0.4, 0.5) is 10.5 Å². The third kappa shape index (κ3) is 4.56. The molecule has 2 amide bonds. The van der Waals surface area contributed by atoms with Crippen LogP contribution in [-0.2, 0) is 0 Å². The molecule has 2 N–H and O–H groups in total. The lowest BCUT2D eigenvalue weighted by molar-refractivity contribution is 0.149. The lowest BCUT2D eigenvalue weighted by Crippen LogP contribution is -2.47. The number of benzene rings is 1. The Morgan fingerprint density at radius 2 is 1.74 bits per heavy atom. The fourth-order valence-corrected chi connectivity index (χ4v) is 2.16. The summed E-state index contributed by atoms with van der Waals surface area (Å²) in [5, 5.41) is 0. The van der Waals surface area contributed by atoms with E-state index in [2.05, 4.69) is 32.6 Å². The second-order valence-electron chi connectivity index (χ2n) is 5.58. The van der Waals surface area contributed by atoms with Gasteiger partial charge < -0.3 is 5.73 Å². The molecule has 0 unspecified atom stereocenters. The average Bonchev–Trinajstić information content (AvgIpc) is 2.33. The van der Waals surface area contributed by atoms with E-state index < -0.39 is 6.03 Å². The number of likely N-dealkylation sites (N-methyl/N-ethyl adjacent to an activating group) is 1. The summed E-state index contributed by atoms with van der Waals surface area (Å²) in [6.07, 6.45) is 0. The molecule has 0 aliphatic heterocycles. The molecule has 0 fully saturated rings. The quantitative estimate of drug-likeness (QED) is 0.888. The number of nitrogens with two attached hydrogens (primary N) is 1. The summed E-state index contributed by atoms with van der Waals surface area (Å²) in [5.41, 5.74) is 6.41. The highest BCUT2D eigenvalue weighted by molar-refractivity contribution is 5.90. The van der Waals surface area contributed by atoms with Crippen molar-refractivity contribution in [2.75, 3.05) is 24.5 Å². The highest BCUT2D eigenvalue weighted by atomic mass is 16.2. The van der Waals surface area contributed by atoms with Crippen LogP contribution in [0.5, 0.6) is 0 Å². The predicted octanol–water partition coefficient (Wildman–Crippen LogP) is 2.69. The average molecular weight is 263 g/mol. The summed E-state index contributed by atoms with van der Waals surface area (Å²) in [7, 11) is 0. The Hall–Kier alpha value is -1.55. The summed E-state index contributed by atoms with van der Waals surface area (Å²) in [4.78, 5) is 15.5. The maximum Gasteiger partial charge on any atom is 0.319 e. The van der Waals surface area contributed by atoms with Gasteiger partial charge in [0.05, 0.1) is 0 Å². The van der Waals surface area contributed by atoms with Crippen molar-refractivity contribution in [2.45, 2.75) is 33.2 Å². The topological polar surface area (TPSA) is 49.6 Å². The number of para-hydroxylation sites is 1. The highest BCUT2D eigenvalue weighted by Crippen LogP contribution is 2.15. The Balaban J connectivity index is 2.74. The van der Waals surface area contributed by atoms with Gasteiger partial charge in [-0.2, -0.15) is 0 Å². The van der Waals surface area contributed by atoms with Gasteiger partial charge >= 0.3 is 6.03 Å². The van der Waals surface area contributed by atoms with Crippen molar-refractivity contribution in [1.29, 1.82) is 0 Å². The maximum absolute atomic E-state index is 11.6. The number of rotatable bonds is 5. The standard InChI is InChI=1S/C15H25N3O/c1-5-17(15(2,3)4)11-12-18(14(16)19)13-9-7-6-8-10-13/h6-10H,5,11-12H2,1-4H3,(H2,16,19). The van der Waals surface area contributed by atoms with E-state index in [9.17, 15) is 4.79 Å². The van der Waals surface area contributed by atoms with Crippen molar-refractivity contribution in [2.24, 2.45) is 5.73 Å². The molecule has 0 atom stereocenters. The van der Waals surface area contributed by atoms with Gasteiger partial charge in [0.2, 0.25) is 0 Å². The Morgan fingerprint density at radius 1 is 1.16 bits per heavy atom. The summed E-state index contributed by atoms with van der Waals surface area (Å²) in [6, 6.07) is 9.14. The number of primary amides is 1. The minimum absolute atomic E-state index is 0.0920. The van der Waals surface area contributed by atoms with Crippen LogP contribution >= 0.6 is 0 Å². The van der Waals surface area contributed by atoms with E-state index in [1.54, 1.807) is 4.90 Å². The summed E-state index contributed by atoms with van der Waals surface area (Å²) in [5.74, 6) is 0. The molecule has 0 saturated carbocycles. The van der Waals surface area contributed by atoms with Gasteiger partial charge in [0.15, 0.2) is 0 Å². The molecule has 0 heterocycles. The molecular weight excluding hydrogens is 238 g/mol. The number of carbonyl (C=O) groups is 1. The van der Waals surface area contributed by atoms with Crippen LogP contribution in [0.1, 0.15) is 27.7 Å². The molecule has 0 spiro atoms. The van der Waals surface area contributed by atoms with Crippen molar-refractivity contribution in [1.82, 2.24) is 4.90 Å². The Labute approximate surface area is 116 Å². The molecular formula is C15H25N3O. The number of urea groups is 1. The van der Waals surface area contributed by atoms with Gasteiger partial charge in [-0.15, -0.1) is 0 Å². The van der Waals surface area contributed by atoms with Crippen LogP contribution in [0.2, 0.25) is 0 Å². The van der Waals surface area contributed by atoms with Crippen molar-refractivity contribution < 1.29 is 4.79 Å². The fraction of sp³-hybridized carbons (Fsp3) is 0.533. The van der Waals surface area contributed by atoms with Gasteiger partial charge in [-0.1, -0.05) is 25.1 Å². The van der Waals surface area contributed by atoms with Gasteiger partial charge in [-0.05, 0) is 39.4 Å². The smallest absolute Gasteiger partial charge is 0.319 e. The van der Waals surface area contributed by atoms with Crippen LogP contribution < -0.4 is 10.6 Å². The van der Waals surface area contributed by atoms with Gasteiger partial charge in [0, 0.05) is 24.3 Å². The number of amides is 2. The molecule has 0 radical (unpaired) electrons. The molecule has 0 saturated heterocycles. The van der Waals surface area contributed by atoms with Crippen molar-refractivity contribution in [3.63, 3.8) is 0 Å². The number of anilines is 1. The monoisotopic (exact) mass is 263 g/mol. The van der Waals surface area contributed by atoms with E-state index in [1.807, 2.05) is 30.3 Å². The van der Waals surface area contributed by atoms with E-state index in [1.165, 1.54) is 0 Å². The molecule has 0 bridgehead atoms. The zero-order valence-corrected chi connectivity index (χ0v) is 12.4. The van der Waals surface area contributed by atoms with Gasteiger partial charge in [0.25, 0.3) is 0 Å². The minimum Gasteiger partial charge on any atom is -0.351 e. The molecule has 1 rings (SSSR count). The highest BCUT2D eigenvalue weighted by Gasteiger charge is 2.21. The number of carbonyl (C=O) groups excluding carboxylic acids is 1. The minimum atomic E-state index is -0.406. The van der Waals surface area contributed by atoms with Crippen LogP contribution in [0.25, 0.3) is 0 Å². The zero-order chi connectivity index (χ0) is 14.5. The maximum atomic E-state index is 11.6. The summed E-state index contributed by atoms with van der Waals surface area (Å²) < 4.78 is 0.